The Balaban J connectivity index is 1.76. The van der Waals surface area contributed by atoms with E-state index in [9.17, 15) is 15.3 Å². The van der Waals surface area contributed by atoms with E-state index in [0.717, 1.165) is 17.6 Å². The van der Waals surface area contributed by atoms with E-state index >= 15 is 0 Å². The van der Waals surface area contributed by atoms with Crippen LogP contribution >= 0.6 is 0 Å². The van der Waals surface area contributed by atoms with Crippen molar-refractivity contribution in [1.82, 2.24) is 0 Å². The van der Waals surface area contributed by atoms with E-state index < -0.39 is 17.8 Å². The molecule has 0 aromatic heterocycles. The lowest BCUT2D eigenvalue weighted by Crippen LogP contribution is -2.35. The first-order chi connectivity index (χ1) is 14.4. The summed E-state index contributed by atoms with van der Waals surface area (Å²) in [4.78, 5) is 0. The molecule has 0 aromatic rings. The van der Waals surface area contributed by atoms with Crippen LogP contribution < -0.4 is 0 Å². The van der Waals surface area contributed by atoms with Crippen molar-refractivity contribution in [2.75, 3.05) is 0 Å². The van der Waals surface area contributed by atoms with Gasteiger partial charge in [-0.15, -0.1) is 0 Å². The second-order valence-corrected chi connectivity index (χ2v) is 11.4. The minimum atomic E-state index is -0.684. The van der Waals surface area contributed by atoms with Crippen LogP contribution in [0.5, 0.6) is 0 Å². The van der Waals surface area contributed by atoms with Crippen LogP contribution in [0.15, 0.2) is 47.6 Å². The fourth-order valence-corrected chi connectivity index (χ4v) is 6.32. The van der Waals surface area contributed by atoms with E-state index in [2.05, 4.69) is 51.7 Å². The maximum atomic E-state index is 10.3. The summed E-state index contributed by atoms with van der Waals surface area (Å²) >= 11 is 0. The molecule has 3 nitrogen and oxygen atoms in total. The molecule has 3 aliphatic carbocycles. The fraction of sp³-hybridized carbons (Fsp3) is 0.714. The average molecular weight is 429 g/mol. The number of fused-ring (bicyclic) bond motifs is 1. The highest BCUT2D eigenvalue weighted by Gasteiger charge is 2.50. The van der Waals surface area contributed by atoms with Gasteiger partial charge in [0.05, 0.1) is 17.8 Å². The van der Waals surface area contributed by atoms with Gasteiger partial charge in [-0.25, -0.2) is 0 Å². The zero-order valence-electron chi connectivity index (χ0n) is 20.3. The van der Waals surface area contributed by atoms with Crippen LogP contribution in [-0.2, 0) is 0 Å². The highest BCUT2D eigenvalue weighted by molar-refractivity contribution is 5.38. The number of allylic oxidation sites excluding steroid dienone is 4. The quantitative estimate of drug-likeness (QED) is 0.490. The Morgan fingerprint density at radius 2 is 1.84 bits per heavy atom. The predicted octanol–water partition coefficient (Wildman–Crippen LogP) is 5.73. The van der Waals surface area contributed by atoms with Gasteiger partial charge in [-0.2, -0.15) is 0 Å². The van der Waals surface area contributed by atoms with Crippen molar-refractivity contribution in [2.24, 2.45) is 29.1 Å². The second kappa shape index (κ2) is 9.37. The van der Waals surface area contributed by atoms with Crippen LogP contribution in [0.2, 0.25) is 0 Å². The minimum absolute atomic E-state index is 0.141. The van der Waals surface area contributed by atoms with Gasteiger partial charge in [0.2, 0.25) is 0 Å². The summed E-state index contributed by atoms with van der Waals surface area (Å²) in [5.74, 6) is 1.91. The SMILES string of the molecule is C=C1/C(=C\C=C2/CCC[C@]3(C)C([C@H](C)/C=C/C(C)C(C)(C)O)CC[C@@H]23)C[C@@H](O)C[C@@H]1O. The minimum Gasteiger partial charge on any atom is -0.393 e. The molecule has 3 heteroatoms. The number of hydrogen-bond acceptors (Lipinski definition) is 3. The van der Waals surface area contributed by atoms with Crippen molar-refractivity contribution >= 4 is 0 Å². The van der Waals surface area contributed by atoms with Gasteiger partial charge in [0.25, 0.3) is 0 Å². The third kappa shape index (κ3) is 5.26. The summed E-state index contributed by atoms with van der Waals surface area (Å²) in [6.07, 6.45) is 15.0. The Hall–Kier alpha value is -1.16. The lowest BCUT2D eigenvalue weighted by Gasteiger charge is -2.44. The van der Waals surface area contributed by atoms with Crippen molar-refractivity contribution in [1.29, 1.82) is 0 Å². The lowest BCUT2D eigenvalue weighted by atomic mass is 9.61. The molecule has 0 bridgehead atoms. The Kier molecular flexibility index (Phi) is 7.40. The summed E-state index contributed by atoms with van der Waals surface area (Å²) in [6.45, 7) is 14.7. The van der Waals surface area contributed by atoms with E-state index in [1.165, 1.54) is 31.3 Å². The molecule has 31 heavy (non-hydrogen) atoms. The number of aliphatic hydroxyl groups excluding tert-OH is 2. The monoisotopic (exact) mass is 428 g/mol. The van der Waals surface area contributed by atoms with Gasteiger partial charge in [-0.05, 0) is 86.7 Å². The maximum absolute atomic E-state index is 10.3. The third-order valence-corrected chi connectivity index (χ3v) is 8.75. The Bertz CT molecular complexity index is 753. The standard InChI is InChI=1S/C28H44O3/c1-18(9-10-19(2)27(4,5)31)24-13-14-25-21(8-7-15-28(24,25)6)11-12-22-16-23(29)17-26(30)20(22)3/h9-12,18-19,23-26,29-31H,3,7-8,13-17H2,1-2,4-6H3/b10-9+,21-11+,22-12-/t18-,19?,23-,24?,25+,26+,28-/m1/s1. The molecule has 174 valence electrons. The summed E-state index contributed by atoms with van der Waals surface area (Å²) in [5, 5.41) is 30.4. The second-order valence-electron chi connectivity index (χ2n) is 11.4. The van der Waals surface area contributed by atoms with Gasteiger partial charge in [0.15, 0.2) is 0 Å². The molecule has 3 N–H and O–H groups in total. The molecule has 3 aliphatic rings. The largest absolute Gasteiger partial charge is 0.393 e. The molecule has 0 aromatic carbocycles. The zero-order chi connectivity index (χ0) is 23.0. The third-order valence-electron chi connectivity index (χ3n) is 8.75. The van der Waals surface area contributed by atoms with Crippen LogP contribution in [0.3, 0.4) is 0 Å². The van der Waals surface area contributed by atoms with Crippen molar-refractivity contribution in [3.63, 3.8) is 0 Å². The van der Waals surface area contributed by atoms with Crippen LogP contribution in [-0.4, -0.2) is 33.1 Å². The smallest absolute Gasteiger partial charge is 0.0811 e. The Morgan fingerprint density at radius 1 is 1.13 bits per heavy atom. The molecule has 0 amide bonds. The molecule has 0 radical (unpaired) electrons. The van der Waals surface area contributed by atoms with E-state index in [1.54, 1.807) is 0 Å². The van der Waals surface area contributed by atoms with Gasteiger partial charge in [0, 0.05) is 12.3 Å². The highest BCUT2D eigenvalue weighted by Crippen LogP contribution is 2.59. The van der Waals surface area contributed by atoms with Crippen molar-refractivity contribution in [2.45, 2.75) is 97.4 Å². The van der Waals surface area contributed by atoms with Gasteiger partial charge in [-0.3, -0.25) is 0 Å². The summed E-state index contributed by atoms with van der Waals surface area (Å²) in [7, 11) is 0. The topological polar surface area (TPSA) is 60.7 Å². The molecule has 3 rings (SSSR count). The molecule has 0 heterocycles. The highest BCUT2D eigenvalue weighted by atomic mass is 16.3. The van der Waals surface area contributed by atoms with Crippen LogP contribution in [0.4, 0.5) is 0 Å². The fourth-order valence-electron chi connectivity index (χ4n) is 6.32. The van der Waals surface area contributed by atoms with Crippen LogP contribution in [0.25, 0.3) is 0 Å². The van der Waals surface area contributed by atoms with Crippen molar-refractivity contribution in [3.8, 4) is 0 Å². The van der Waals surface area contributed by atoms with E-state index in [-0.39, 0.29) is 5.92 Å². The first kappa shape index (κ1) is 24.5. The molecule has 0 aliphatic heterocycles. The van der Waals surface area contributed by atoms with Gasteiger partial charge < -0.3 is 15.3 Å². The first-order valence-corrected chi connectivity index (χ1v) is 12.3. The van der Waals surface area contributed by atoms with Crippen molar-refractivity contribution in [3.05, 3.63) is 47.6 Å². The molecule has 2 unspecified atom stereocenters. The molecular weight excluding hydrogens is 384 g/mol. The first-order valence-electron chi connectivity index (χ1n) is 12.3. The molecule has 7 atom stereocenters. The molecule has 3 fully saturated rings. The molecule has 0 saturated heterocycles. The van der Waals surface area contributed by atoms with E-state index in [0.29, 0.717) is 36.0 Å². The Labute approximate surface area is 189 Å². The normalized spacial score (nSPS) is 39.3. The van der Waals surface area contributed by atoms with E-state index in [4.69, 9.17) is 0 Å². The average Bonchev–Trinajstić information content (AvgIpc) is 3.04. The van der Waals surface area contributed by atoms with E-state index in [1.807, 2.05) is 13.8 Å². The van der Waals surface area contributed by atoms with Crippen LogP contribution in [0.1, 0.15) is 79.6 Å². The maximum Gasteiger partial charge on any atom is 0.0811 e. The van der Waals surface area contributed by atoms with Gasteiger partial charge in [-0.1, -0.05) is 57.2 Å². The Morgan fingerprint density at radius 3 is 2.52 bits per heavy atom. The predicted molar refractivity (Wildman–Crippen MR) is 128 cm³/mol. The number of hydrogen-bond donors (Lipinski definition) is 3. The molecular formula is C28H44O3. The lowest BCUT2D eigenvalue weighted by molar-refractivity contribution is 0.0436. The number of rotatable bonds is 5. The summed E-state index contributed by atoms with van der Waals surface area (Å²) < 4.78 is 0. The van der Waals surface area contributed by atoms with Crippen LogP contribution in [0, 0.1) is 29.1 Å². The zero-order valence-corrected chi connectivity index (χ0v) is 20.3. The summed E-state index contributed by atoms with van der Waals surface area (Å²) in [5.41, 5.74) is 2.93. The molecule has 3 saturated carbocycles. The van der Waals surface area contributed by atoms with Crippen molar-refractivity contribution < 1.29 is 15.3 Å². The van der Waals surface area contributed by atoms with Gasteiger partial charge in [0.1, 0.15) is 0 Å². The summed E-state index contributed by atoms with van der Waals surface area (Å²) in [6, 6.07) is 0. The van der Waals surface area contributed by atoms with Gasteiger partial charge >= 0.3 is 0 Å². The molecule has 0 spiro atoms. The number of aliphatic hydroxyl groups is 3.